The maximum Gasteiger partial charge on any atom is 0.324 e. The standard InChI is InChI=1S/C24H30O4/c1-17-12-14-19(15-13-17)16-24(6,22(26)28-23(3,4)5)21(25)27-18(2)20-10-8-7-9-11-20/h7-15,18H,16H2,1-6H3/t18-,24+/m1/s1. The number of hydrogen-bond acceptors (Lipinski definition) is 4. The summed E-state index contributed by atoms with van der Waals surface area (Å²) in [5.74, 6) is -1.16. The highest BCUT2D eigenvalue weighted by Crippen LogP contribution is 2.31. The number of carbonyl (C=O) groups is 2. The van der Waals surface area contributed by atoms with Crippen molar-refractivity contribution in [3.05, 3.63) is 71.3 Å². The van der Waals surface area contributed by atoms with E-state index in [0.717, 1.165) is 16.7 Å². The Balaban J connectivity index is 2.29. The molecule has 4 heteroatoms. The third-order valence-corrected chi connectivity index (χ3v) is 4.53. The summed E-state index contributed by atoms with van der Waals surface area (Å²) in [5.41, 5.74) is 0.728. The number of rotatable bonds is 6. The lowest BCUT2D eigenvalue weighted by Gasteiger charge is -2.31. The van der Waals surface area contributed by atoms with Crippen molar-refractivity contribution in [3.63, 3.8) is 0 Å². The van der Waals surface area contributed by atoms with Crippen LogP contribution in [-0.4, -0.2) is 17.5 Å². The number of benzene rings is 2. The van der Waals surface area contributed by atoms with Crippen LogP contribution < -0.4 is 0 Å². The Kier molecular flexibility index (Phi) is 6.65. The third-order valence-electron chi connectivity index (χ3n) is 4.53. The van der Waals surface area contributed by atoms with E-state index in [1.165, 1.54) is 0 Å². The minimum absolute atomic E-state index is 0.211. The van der Waals surface area contributed by atoms with Crippen LogP contribution in [0.4, 0.5) is 0 Å². The highest BCUT2D eigenvalue weighted by Gasteiger charge is 2.46. The first-order valence-electron chi connectivity index (χ1n) is 9.56. The highest BCUT2D eigenvalue weighted by atomic mass is 16.6. The van der Waals surface area contributed by atoms with E-state index < -0.39 is 29.1 Å². The Morgan fingerprint density at radius 2 is 1.46 bits per heavy atom. The molecule has 0 unspecified atom stereocenters. The highest BCUT2D eigenvalue weighted by molar-refractivity contribution is 6.00. The van der Waals surface area contributed by atoms with Gasteiger partial charge in [-0.1, -0.05) is 60.2 Å². The molecule has 0 spiro atoms. The summed E-state index contributed by atoms with van der Waals surface area (Å²) in [6, 6.07) is 17.2. The SMILES string of the molecule is Cc1ccc(C[C@@](C)(C(=O)O[C@H](C)c2ccccc2)C(=O)OC(C)(C)C)cc1. The van der Waals surface area contributed by atoms with Gasteiger partial charge in [-0.3, -0.25) is 9.59 Å². The van der Waals surface area contributed by atoms with Crippen LogP contribution >= 0.6 is 0 Å². The fourth-order valence-corrected chi connectivity index (χ4v) is 2.82. The first-order valence-corrected chi connectivity index (χ1v) is 9.56. The van der Waals surface area contributed by atoms with Gasteiger partial charge in [0, 0.05) is 0 Å². The summed E-state index contributed by atoms with van der Waals surface area (Å²) in [6.07, 6.45) is -0.254. The van der Waals surface area contributed by atoms with Gasteiger partial charge >= 0.3 is 11.9 Å². The molecule has 0 bridgehead atoms. The third kappa shape index (κ3) is 5.69. The van der Waals surface area contributed by atoms with Crippen molar-refractivity contribution in [2.24, 2.45) is 5.41 Å². The Morgan fingerprint density at radius 1 is 0.893 bits per heavy atom. The van der Waals surface area contributed by atoms with Crippen molar-refractivity contribution in [3.8, 4) is 0 Å². The van der Waals surface area contributed by atoms with Crippen molar-refractivity contribution >= 4 is 11.9 Å². The van der Waals surface area contributed by atoms with Crippen LogP contribution in [0.2, 0.25) is 0 Å². The Labute approximate surface area is 167 Å². The number of esters is 2. The Hall–Kier alpha value is -2.62. The van der Waals surface area contributed by atoms with E-state index in [0.29, 0.717) is 0 Å². The van der Waals surface area contributed by atoms with Crippen LogP contribution in [0.1, 0.15) is 57.4 Å². The molecule has 0 aromatic heterocycles. The molecule has 2 rings (SSSR count). The van der Waals surface area contributed by atoms with Gasteiger partial charge in [0.05, 0.1) is 0 Å². The largest absolute Gasteiger partial charge is 0.459 e. The van der Waals surface area contributed by atoms with E-state index in [1.807, 2.05) is 61.5 Å². The van der Waals surface area contributed by atoms with Crippen molar-refractivity contribution in [1.82, 2.24) is 0 Å². The number of carbonyl (C=O) groups excluding carboxylic acids is 2. The average Bonchev–Trinajstić information content (AvgIpc) is 2.62. The second-order valence-electron chi connectivity index (χ2n) is 8.45. The van der Waals surface area contributed by atoms with Gasteiger partial charge in [0.2, 0.25) is 0 Å². The molecule has 0 saturated carbocycles. The van der Waals surface area contributed by atoms with Crippen molar-refractivity contribution in [2.75, 3.05) is 0 Å². The molecular formula is C24H30O4. The zero-order valence-electron chi connectivity index (χ0n) is 17.6. The number of ether oxygens (including phenoxy) is 2. The van der Waals surface area contributed by atoms with Gasteiger partial charge in [-0.2, -0.15) is 0 Å². The molecule has 0 fully saturated rings. The fraction of sp³-hybridized carbons (Fsp3) is 0.417. The normalized spacial score (nSPS) is 14.6. The van der Waals surface area contributed by atoms with E-state index in [-0.39, 0.29) is 6.42 Å². The van der Waals surface area contributed by atoms with Crippen LogP contribution in [0.3, 0.4) is 0 Å². The van der Waals surface area contributed by atoms with E-state index in [1.54, 1.807) is 34.6 Å². The molecule has 0 N–H and O–H groups in total. The Bertz CT molecular complexity index is 803. The molecule has 28 heavy (non-hydrogen) atoms. The van der Waals surface area contributed by atoms with Crippen LogP contribution in [0.5, 0.6) is 0 Å². The summed E-state index contributed by atoms with van der Waals surface area (Å²) in [7, 11) is 0. The molecule has 2 aromatic carbocycles. The molecule has 4 nitrogen and oxygen atoms in total. The fourth-order valence-electron chi connectivity index (χ4n) is 2.82. The van der Waals surface area contributed by atoms with Crippen LogP contribution in [0, 0.1) is 12.3 Å². The average molecular weight is 383 g/mol. The molecule has 0 saturated heterocycles. The number of aryl methyl sites for hydroxylation is 1. The van der Waals surface area contributed by atoms with Crippen molar-refractivity contribution in [2.45, 2.75) is 59.7 Å². The second-order valence-corrected chi connectivity index (χ2v) is 8.45. The summed E-state index contributed by atoms with van der Waals surface area (Å²) in [5, 5.41) is 0. The lowest BCUT2D eigenvalue weighted by Crippen LogP contribution is -2.44. The van der Waals surface area contributed by atoms with E-state index >= 15 is 0 Å². The molecule has 2 atom stereocenters. The van der Waals surface area contributed by atoms with Gasteiger partial charge in [0.1, 0.15) is 11.7 Å². The molecular weight excluding hydrogens is 352 g/mol. The molecule has 0 aliphatic rings. The lowest BCUT2D eigenvalue weighted by molar-refractivity contribution is -0.180. The molecule has 150 valence electrons. The molecule has 0 heterocycles. The molecule has 0 radical (unpaired) electrons. The second kappa shape index (κ2) is 8.59. The lowest BCUT2D eigenvalue weighted by atomic mass is 9.83. The first-order chi connectivity index (χ1) is 13.0. The van der Waals surface area contributed by atoms with Crippen molar-refractivity contribution in [1.29, 1.82) is 0 Å². The summed E-state index contributed by atoms with van der Waals surface area (Å²) in [4.78, 5) is 26.1. The topological polar surface area (TPSA) is 52.6 Å². The van der Waals surface area contributed by atoms with Crippen LogP contribution in [0.25, 0.3) is 0 Å². The maximum absolute atomic E-state index is 13.1. The molecule has 0 amide bonds. The van der Waals surface area contributed by atoms with Gasteiger partial charge in [-0.15, -0.1) is 0 Å². The quantitative estimate of drug-likeness (QED) is 0.510. The predicted octanol–water partition coefficient (Wildman–Crippen LogP) is 5.19. The van der Waals surface area contributed by atoms with Gasteiger partial charge in [-0.25, -0.2) is 0 Å². The Morgan fingerprint density at radius 3 is 2.00 bits per heavy atom. The molecule has 2 aromatic rings. The zero-order chi connectivity index (χ0) is 20.9. The first kappa shape index (κ1) is 21.7. The summed E-state index contributed by atoms with van der Waals surface area (Å²) in [6.45, 7) is 10.8. The van der Waals surface area contributed by atoms with Gasteiger partial charge in [0.25, 0.3) is 0 Å². The van der Waals surface area contributed by atoms with Gasteiger partial charge in [0.15, 0.2) is 5.41 Å². The van der Waals surface area contributed by atoms with Crippen LogP contribution in [-0.2, 0) is 25.5 Å². The van der Waals surface area contributed by atoms with Crippen LogP contribution in [0.15, 0.2) is 54.6 Å². The van der Waals surface area contributed by atoms with E-state index in [9.17, 15) is 9.59 Å². The van der Waals surface area contributed by atoms with E-state index in [2.05, 4.69) is 0 Å². The number of hydrogen-bond donors (Lipinski definition) is 0. The molecule has 0 aliphatic carbocycles. The molecule has 0 aliphatic heterocycles. The minimum Gasteiger partial charge on any atom is -0.459 e. The monoisotopic (exact) mass is 382 g/mol. The summed E-state index contributed by atoms with van der Waals surface area (Å²) >= 11 is 0. The minimum atomic E-state index is -1.44. The summed E-state index contributed by atoms with van der Waals surface area (Å²) < 4.78 is 11.3. The zero-order valence-corrected chi connectivity index (χ0v) is 17.6. The maximum atomic E-state index is 13.1. The van der Waals surface area contributed by atoms with E-state index in [4.69, 9.17) is 9.47 Å². The predicted molar refractivity (Wildman–Crippen MR) is 110 cm³/mol. The smallest absolute Gasteiger partial charge is 0.324 e. The van der Waals surface area contributed by atoms with Crippen molar-refractivity contribution < 1.29 is 19.1 Å². The van der Waals surface area contributed by atoms with Gasteiger partial charge in [-0.05, 0) is 59.1 Å². The van der Waals surface area contributed by atoms with Gasteiger partial charge < -0.3 is 9.47 Å².